The third kappa shape index (κ3) is 2.77. The maximum Gasteiger partial charge on any atom is -0.0107 e. The van der Waals surface area contributed by atoms with Crippen LogP contribution in [0.15, 0.2) is 0 Å². The lowest BCUT2D eigenvalue weighted by Gasteiger charge is -2.26. The Morgan fingerprint density at radius 2 is 0.250 bits per heavy atom. The van der Waals surface area contributed by atoms with Crippen LogP contribution in [0.1, 0.15) is 77.9 Å². The van der Waals surface area contributed by atoms with Crippen LogP contribution in [0.2, 0.25) is 0 Å². The normalized spacial score (nSPS) is 12.2. The molecule has 5 aromatic rings. The van der Waals surface area contributed by atoms with Crippen molar-refractivity contribution < 1.29 is 0 Å². The molecular weight excluding hydrogens is 432 g/mol. The van der Waals surface area contributed by atoms with Gasteiger partial charge in [0.15, 0.2) is 0 Å². The Labute approximate surface area is 217 Å². The van der Waals surface area contributed by atoms with E-state index in [0.29, 0.717) is 0 Å². The minimum atomic E-state index is 1.44. The molecule has 0 aliphatic heterocycles. The molecule has 0 nitrogen and oxygen atoms in total. The summed E-state index contributed by atoms with van der Waals surface area (Å²) in [6, 6.07) is 0. The summed E-state index contributed by atoms with van der Waals surface area (Å²) >= 11 is 0. The molecule has 5 aromatic carbocycles. The smallest absolute Gasteiger partial charge is 0.0107 e. The lowest BCUT2D eigenvalue weighted by Crippen LogP contribution is -2.04. The van der Waals surface area contributed by atoms with Gasteiger partial charge in [-0.25, -0.2) is 0 Å². The van der Waals surface area contributed by atoms with Gasteiger partial charge in [-0.1, -0.05) is 0 Å². The van der Waals surface area contributed by atoms with Crippen molar-refractivity contribution in [1.29, 1.82) is 0 Å². The van der Waals surface area contributed by atoms with E-state index < -0.39 is 0 Å². The maximum atomic E-state index is 2.38. The summed E-state index contributed by atoms with van der Waals surface area (Å²) in [6.07, 6.45) is 0. The molecule has 0 aromatic heterocycles. The van der Waals surface area contributed by atoms with Crippen LogP contribution in [0.4, 0.5) is 0 Å². The van der Waals surface area contributed by atoms with Crippen LogP contribution in [-0.2, 0) is 0 Å². The highest BCUT2D eigenvalue weighted by atomic mass is 14.3. The molecule has 0 spiro atoms. The van der Waals surface area contributed by atoms with Crippen molar-refractivity contribution in [2.75, 3.05) is 0 Å². The minimum Gasteiger partial charge on any atom is -0.0444 e. The standard InChI is InChI=1S/C36H42/c1-15-16(2)20(6)30-24(10)34-28(14)36-26(12)32-22(8)18(4)17(3)21(7)31(32)25(11)35(36)27(13)33(34)23(9)29(30)19(15)5/h1-14H3. The van der Waals surface area contributed by atoms with E-state index >= 15 is 0 Å². The Bertz CT molecular complexity index is 1570. The van der Waals surface area contributed by atoms with E-state index in [1.807, 2.05) is 0 Å². The first-order valence-electron chi connectivity index (χ1n) is 13.5. The molecule has 0 radical (unpaired) electrons. The van der Waals surface area contributed by atoms with Gasteiger partial charge in [-0.15, -0.1) is 0 Å². The lowest BCUT2D eigenvalue weighted by molar-refractivity contribution is 1.24. The molecule has 0 amide bonds. The van der Waals surface area contributed by atoms with Crippen LogP contribution in [0, 0.1) is 96.9 Å². The Balaban J connectivity index is 2.22. The Morgan fingerprint density at radius 3 is 0.389 bits per heavy atom. The minimum absolute atomic E-state index is 1.44. The Kier molecular flexibility index (Phi) is 5.39. The van der Waals surface area contributed by atoms with Gasteiger partial charge in [0.25, 0.3) is 0 Å². The first-order valence-corrected chi connectivity index (χ1v) is 13.5. The van der Waals surface area contributed by atoms with Gasteiger partial charge in [0, 0.05) is 0 Å². The second-order valence-electron chi connectivity index (χ2n) is 11.8. The molecule has 0 heteroatoms. The summed E-state index contributed by atoms with van der Waals surface area (Å²) in [5.74, 6) is 0. The van der Waals surface area contributed by atoms with E-state index in [9.17, 15) is 0 Å². The van der Waals surface area contributed by atoms with Gasteiger partial charge in [0.2, 0.25) is 0 Å². The molecule has 0 fully saturated rings. The number of hydrogen-bond donors (Lipinski definition) is 0. The lowest BCUT2D eigenvalue weighted by atomic mass is 9.77. The quantitative estimate of drug-likeness (QED) is 0.196. The van der Waals surface area contributed by atoms with Crippen LogP contribution in [0.5, 0.6) is 0 Å². The molecule has 0 heterocycles. The average molecular weight is 475 g/mol. The molecule has 0 unspecified atom stereocenters. The SMILES string of the molecule is Cc1c(C)c(C)c2c(C)c3c(C)c4c(C)c5c(C)c(C)c(C)c(C)c5c(C)c4c(C)c3c(C)c2c1C. The fourth-order valence-electron chi connectivity index (χ4n) is 7.88. The molecule has 0 saturated heterocycles. The average Bonchev–Trinajstić information content (AvgIpc) is 2.83. The zero-order chi connectivity index (χ0) is 26.7. The van der Waals surface area contributed by atoms with Crippen molar-refractivity contribution >= 4 is 43.1 Å². The van der Waals surface area contributed by atoms with E-state index in [2.05, 4.69) is 96.9 Å². The summed E-state index contributed by atoms with van der Waals surface area (Å²) in [5, 5.41) is 11.7. The molecule has 36 heavy (non-hydrogen) atoms. The van der Waals surface area contributed by atoms with Crippen molar-refractivity contribution in [1.82, 2.24) is 0 Å². The highest BCUT2D eigenvalue weighted by Crippen LogP contribution is 2.47. The molecule has 186 valence electrons. The first kappa shape index (κ1) is 24.8. The number of hydrogen-bond acceptors (Lipinski definition) is 0. The van der Waals surface area contributed by atoms with E-state index in [1.54, 1.807) is 0 Å². The first-order chi connectivity index (χ1) is 16.7. The summed E-state index contributed by atoms with van der Waals surface area (Å²) < 4.78 is 0. The highest BCUT2D eigenvalue weighted by Gasteiger charge is 2.24. The highest BCUT2D eigenvalue weighted by molar-refractivity contribution is 6.20. The maximum absolute atomic E-state index is 2.38. The van der Waals surface area contributed by atoms with Crippen LogP contribution in [0.3, 0.4) is 0 Å². The summed E-state index contributed by atoms with van der Waals surface area (Å²) in [4.78, 5) is 0. The van der Waals surface area contributed by atoms with E-state index in [0.717, 1.165) is 0 Å². The topological polar surface area (TPSA) is 0 Å². The predicted molar refractivity (Wildman–Crippen MR) is 163 cm³/mol. The van der Waals surface area contributed by atoms with Crippen LogP contribution in [0.25, 0.3) is 43.1 Å². The summed E-state index contributed by atoms with van der Waals surface area (Å²) in [6.45, 7) is 32.7. The fourth-order valence-corrected chi connectivity index (χ4v) is 7.88. The third-order valence-corrected chi connectivity index (χ3v) is 10.4. The molecule has 0 saturated carbocycles. The molecule has 0 aliphatic rings. The molecule has 0 N–H and O–H groups in total. The van der Waals surface area contributed by atoms with Crippen LogP contribution < -0.4 is 0 Å². The number of aryl methyl sites for hydroxylation is 10. The van der Waals surface area contributed by atoms with Gasteiger partial charge in [-0.2, -0.15) is 0 Å². The summed E-state index contributed by atoms with van der Waals surface area (Å²) in [5.41, 5.74) is 20.2. The number of rotatable bonds is 0. The van der Waals surface area contributed by atoms with Gasteiger partial charge < -0.3 is 0 Å². The van der Waals surface area contributed by atoms with E-state index in [-0.39, 0.29) is 0 Å². The molecule has 0 bridgehead atoms. The van der Waals surface area contributed by atoms with Gasteiger partial charge in [0.1, 0.15) is 0 Å². The molecule has 0 aliphatic carbocycles. The van der Waals surface area contributed by atoms with Crippen molar-refractivity contribution in [2.45, 2.75) is 96.9 Å². The van der Waals surface area contributed by atoms with Crippen LogP contribution in [-0.4, -0.2) is 0 Å². The van der Waals surface area contributed by atoms with E-state index in [1.165, 1.54) is 121 Å². The largest absolute Gasteiger partial charge is 0.0444 e. The second kappa shape index (κ2) is 7.82. The third-order valence-electron chi connectivity index (χ3n) is 10.4. The number of benzene rings is 5. The van der Waals surface area contributed by atoms with Crippen LogP contribution >= 0.6 is 0 Å². The van der Waals surface area contributed by atoms with Gasteiger partial charge in [0.05, 0.1) is 0 Å². The predicted octanol–water partition coefficient (Wildman–Crippen LogP) is 10.6. The zero-order valence-corrected chi connectivity index (χ0v) is 25.0. The fraction of sp³-hybridized carbons (Fsp3) is 0.389. The van der Waals surface area contributed by atoms with Crippen molar-refractivity contribution in [3.63, 3.8) is 0 Å². The van der Waals surface area contributed by atoms with Crippen molar-refractivity contribution in [3.8, 4) is 0 Å². The molecular formula is C36H42. The molecule has 5 rings (SSSR count). The van der Waals surface area contributed by atoms with E-state index in [4.69, 9.17) is 0 Å². The monoisotopic (exact) mass is 474 g/mol. The number of fused-ring (bicyclic) bond motifs is 4. The summed E-state index contributed by atoms with van der Waals surface area (Å²) in [7, 11) is 0. The van der Waals surface area contributed by atoms with Gasteiger partial charge in [-0.05, 0) is 218 Å². The second-order valence-corrected chi connectivity index (χ2v) is 11.8. The van der Waals surface area contributed by atoms with Gasteiger partial charge >= 0.3 is 0 Å². The molecule has 0 atom stereocenters. The van der Waals surface area contributed by atoms with Crippen molar-refractivity contribution in [2.24, 2.45) is 0 Å². The van der Waals surface area contributed by atoms with Gasteiger partial charge in [-0.3, -0.25) is 0 Å². The Morgan fingerprint density at radius 1 is 0.139 bits per heavy atom. The van der Waals surface area contributed by atoms with Crippen molar-refractivity contribution in [3.05, 3.63) is 77.9 Å². The Hall–Kier alpha value is -2.86. The zero-order valence-electron chi connectivity index (χ0n) is 25.0.